The van der Waals surface area contributed by atoms with E-state index in [4.69, 9.17) is 37.9 Å². The molecule has 22 heteroatoms. The molecule has 22 nitrogen and oxygen atoms in total. The van der Waals surface area contributed by atoms with Crippen LogP contribution in [0.3, 0.4) is 0 Å². The van der Waals surface area contributed by atoms with Crippen LogP contribution in [-0.2, 0) is 25.6 Å². The van der Waals surface area contributed by atoms with Gasteiger partial charge in [0.2, 0.25) is 6.29 Å². The largest absolute Gasteiger partial charge is 0.493 e. The number of hydrogen-bond donors (Lipinski definition) is 5. The lowest BCUT2D eigenvalue weighted by atomic mass is 9.99. The number of carboxylic acids is 1. The number of aliphatic carboxylic acids is 1. The summed E-state index contributed by atoms with van der Waals surface area (Å²) in [5.41, 5.74) is 3.58. The van der Waals surface area contributed by atoms with Crippen LogP contribution in [0.25, 0.3) is 0 Å². The molecule has 0 saturated carbocycles. The summed E-state index contributed by atoms with van der Waals surface area (Å²) in [6.45, 7) is 4.42. The highest BCUT2D eigenvalue weighted by Gasteiger charge is 2.48. The van der Waals surface area contributed by atoms with E-state index in [9.17, 15) is 44.4 Å². The van der Waals surface area contributed by atoms with Gasteiger partial charge in [-0.05, 0) is 75.8 Å². The van der Waals surface area contributed by atoms with Crippen LogP contribution in [0.4, 0.5) is 16.2 Å². The van der Waals surface area contributed by atoms with Crippen molar-refractivity contribution in [2.24, 2.45) is 4.99 Å². The molecule has 1 saturated heterocycles. The first-order chi connectivity index (χ1) is 35.1. The molecule has 0 spiro atoms. The maximum Gasteiger partial charge on any atom is 0.414 e. The number of nitrogens with zero attached hydrogens (tertiary/aromatic N) is 4. The number of benzene rings is 3. The second-order valence-electron chi connectivity index (χ2n) is 18.2. The number of fused-ring (bicyclic) bond motifs is 4. The Hall–Kier alpha value is -7.24. The van der Waals surface area contributed by atoms with Crippen LogP contribution >= 0.6 is 0 Å². The van der Waals surface area contributed by atoms with E-state index >= 15 is 0 Å². The smallest absolute Gasteiger partial charge is 0.414 e. The maximum absolute atomic E-state index is 14.3. The number of rotatable bonds is 19. The molecule has 5 aliphatic heterocycles. The van der Waals surface area contributed by atoms with Crippen LogP contribution in [0.15, 0.2) is 71.0 Å². The van der Waals surface area contributed by atoms with Gasteiger partial charge in [-0.25, -0.2) is 9.59 Å². The minimum Gasteiger partial charge on any atom is -0.493 e. The van der Waals surface area contributed by atoms with Crippen LogP contribution in [0, 0.1) is 0 Å². The van der Waals surface area contributed by atoms with E-state index in [1.165, 1.54) is 50.5 Å². The number of hydrogen-bond acceptors (Lipinski definition) is 17. The van der Waals surface area contributed by atoms with E-state index in [0.717, 1.165) is 17.6 Å². The first kappa shape index (κ1) is 52.1. The number of carbonyl (C=O) groups is 5. The molecule has 0 bridgehead atoms. The summed E-state index contributed by atoms with van der Waals surface area (Å²) in [7, 11) is 4.42. The van der Waals surface area contributed by atoms with Gasteiger partial charge in [0, 0.05) is 44.4 Å². The first-order valence-corrected chi connectivity index (χ1v) is 23.8. The van der Waals surface area contributed by atoms with Gasteiger partial charge in [-0.3, -0.25) is 24.3 Å². The lowest BCUT2D eigenvalue weighted by Gasteiger charge is -2.38. The van der Waals surface area contributed by atoms with Gasteiger partial charge in [-0.1, -0.05) is 17.2 Å². The van der Waals surface area contributed by atoms with E-state index in [2.05, 4.69) is 10.3 Å². The summed E-state index contributed by atoms with van der Waals surface area (Å²) < 4.78 is 45.6. The normalized spacial score (nSPS) is 23.0. The summed E-state index contributed by atoms with van der Waals surface area (Å²) >= 11 is 0. The third-order valence-electron chi connectivity index (χ3n) is 12.9. The highest BCUT2D eigenvalue weighted by molar-refractivity contribution is 6.06. The predicted molar refractivity (Wildman–Crippen MR) is 259 cm³/mol. The molecule has 8 rings (SSSR count). The average Bonchev–Trinajstić information content (AvgIpc) is 3.89. The Labute approximate surface area is 420 Å². The van der Waals surface area contributed by atoms with Gasteiger partial charge >= 0.3 is 12.1 Å². The number of carbonyl (C=O) groups excluding carboxylic acids is 4. The molecule has 0 aromatic heterocycles. The van der Waals surface area contributed by atoms with Crippen molar-refractivity contribution in [3.05, 3.63) is 88.3 Å². The zero-order chi connectivity index (χ0) is 52.1. The number of carboxylic acid groups (broad SMARTS) is 1. The molecule has 1 fully saturated rings. The molecular formula is C51H59N5O17. The van der Waals surface area contributed by atoms with Crippen molar-refractivity contribution < 1.29 is 82.3 Å². The Bertz CT molecular complexity index is 2710. The first-order valence-electron chi connectivity index (χ1n) is 23.8. The monoisotopic (exact) mass is 1010 g/mol. The van der Waals surface area contributed by atoms with E-state index in [1.54, 1.807) is 40.4 Å². The lowest BCUT2D eigenvalue weighted by Crippen LogP contribution is -2.61. The predicted octanol–water partition coefficient (Wildman–Crippen LogP) is 4.09. The Morgan fingerprint density at radius 1 is 0.767 bits per heavy atom. The Morgan fingerprint density at radius 3 is 2.14 bits per heavy atom. The number of aliphatic hydroxyl groups is 3. The van der Waals surface area contributed by atoms with Gasteiger partial charge in [-0.2, -0.15) is 0 Å². The van der Waals surface area contributed by atoms with Gasteiger partial charge in [-0.15, -0.1) is 0 Å². The number of amides is 4. The summed E-state index contributed by atoms with van der Waals surface area (Å²) in [5, 5.41) is 43.3. The number of aliphatic hydroxyl groups excluding tert-OH is 3. The molecule has 4 amide bonds. The van der Waals surface area contributed by atoms with Crippen molar-refractivity contribution in [2.75, 3.05) is 59.1 Å². The third kappa shape index (κ3) is 11.2. The van der Waals surface area contributed by atoms with Crippen molar-refractivity contribution in [2.45, 2.75) is 95.3 Å². The van der Waals surface area contributed by atoms with Crippen LogP contribution < -0.4 is 33.9 Å². The van der Waals surface area contributed by atoms with Crippen molar-refractivity contribution in [3.8, 4) is 28.7 Å². The molecular weight excluding hydrogens is 955 g/mol. The molecule has 0 aliphatic carbocycles. The quantitative estimate of drug-likeness (QED) is 0.106. The standard InChI is InChI=1S/C51H59N5O17/c1-27-15-30-22-53-35-20-40(38(67-4)18-32(35)47(61)54(30)23-27)69-12-7-6-8-13-70-41-21-36-33(19-39(41)68-5)48(62)55-24-28(2)16-31(55)25-56(36)51(65)71-26-29-9-10-37(34(17-29)46(60)52-11-14-66-3)72-50-44(59)42(57)43(58)45(73-50)49(63)64/h9-10,17-24,30-31,42-45,50,57-59H,6-8,11-16,25-26H2,1-5H3,(H,52,60)(H,63,64)/t30-,31-,42-,43-,44+,45-,50+/m0/s1. The van der Waals surface area contributed by atoms with Gasteiger partial charge in [0.05, 0.1) is 80.7 Å². The molecule has 3 aromatic rings. The number of anilines is 1. The molecule has 3 aromatic carbocycles. The van der Waals surface area contributed by atoms with Crippen LogP contribution in [-0.4, -0.2) is 163 Å². The van der Waals surface area contributed by atoms with Crippen molar-refractivity contribution in [1.82, 2.24) is 15.1 Å². The fraction of sp³-hybridized carbons (Fsp3) is 0.451. The fourth-order valence-corrected chi connectivity index (χ4v) is 9.18. The van der Waals surface area contributed by atoms with Crippen molar-refractivity contribution in [3.63, 3.8) is 0 Å². The van der Waals surface area contributed by atoms with E-state index in [-0.39, 0.29) is 84.8 Å². The van der Waals surface area contributed by atoms with Crippen LogP contribution in [0.1, 0.15) is 82.6 Å². The van der Waals surface area contributed by atoms with Gasteiger partial charge < -0.3 is 73.4 Å². The second kappa shape index (κ2) is 22.7. The zero-order valence-electron chi connectivity index (χ0n) is 41.0. The minimum atomic E-state index is -1.96. The molecule has 390 valence electrons. The number of aliphatic imine (C=N–C) groups is 1. The van der Waals surface area contributed by atoms with E-state index in [0.29, 0.717) is 60.6 Å². The van der Waals surface area contributed by atoms with E-state index < -0.39 is 54.7 Å². The van der Waals surface area contributed by atoms with Gasteiger partial charge in [0.1, 0.15) is 30.7 Å². The molecule has 5 N–H and O–H groups in total. The second-order valence-corrected chi connectivity index (χ2v) is 18.2. The Morgan fingerprint density at radius 2 is 1.44 bits per heavy atom. The molecule has 73 heavy (non-hydrogen) atoms. The van der Waals surface area contributed by atoms with Crippen molar-refractivity contribution >= 4 is 47.4 Å². The fourth-order valence-electron chi connectivity index (χ4n) is 9.18. The molecule has 5 aliphatic rings. The molecule has 7 atom stereocenters. The highest BCUT2D eigenvalue weighted by atomic mass is 16.7. The molecule has 5 heterocycles. The third-order valence-corrected chi connectivity index (χ3v) is 12.9. The van der Waals surface area contributed by atoms with Crippen molar-refractivity contribution in [1.29, 1.82) is 0 Å². The minimum absolute atomic E-state index is 0.0619. The average molecular weight is 1010 g/mol. The summed E-state index contributed by atoms with van der Waals surface area (Å²) in [6, 6.07) is 10.1. The SMILES string of the molecule is COCCNC(=O)c1cc(COC(=O)N2C[C@@H]3CC(C)=CN3C(=O)c3cc(OC)c(OCCCCCOc4cc5c(cc4OC)C(=O)N4C=C(C)C[C@H]4C=N5)cc32)ccc1O[C@@H]1O[C@H](C(=O)O)[C@@H](O)[C@H](O)[C@H]1O. The summed E-state index contributed by atoms with van der Waals surface area (Å²) in [4.78, 5) is 76.3. The Balaban J connectivity index is 0.939. The lowest BCUT2D eigenvalue weighted by molar-refractivity contribution is -0.271. The van der Waals surface area contributed by atoms with Gasteiger partial charge in [0.25, 0.3) is 17.7 Å². The molecule has 0 radical (unpaired) electrons. The van der Waals surface area contributed by atoms with Crippen LogP contribution in [0.2, 0.25) is 0 Å². The van der Waals surface area contributed by atoms with Gasteiger partial charge in [0.15, 0.2) is 29.1 Å². The van der Waals surface area contributed by atoms with E-state index in [1.807, 2.05) is 20.0 Å². The number of methoxy groups -OCH3 is 3. The number of nitrogens with one attached hydrogen (secondary N) is 1. The molecule has 0 unspecified atom stereocenters. The summed E-state index contributed by atoms with van der Waals surface area (Å²) in [5.74, 6) is -1.52. The Kier molecular flexibility index (Phi) is 16.2. The number of unbranched alkanes of at least 4 members (excludes halogenated alkanes) is 2. The number of ether oxygens (including phenoxy) is 8. The summed E-state index contributed by atoms with van der Waals surface area (Å²) in [6.07, 6.45) is -1.80. The highest BCUT2D eigenvalue weighted by Crippen LogP contribution is 2.42. The van der Waals surface area contributed by atoms with Crippen LogP contribution in [0.5, 0.6) is 28.7 Å². The zero-order valence-corrected chi connectivity index (χ0v) is 41.0. The maximum atomic E-state index is 14.3. The topological polar surface area (TPSA) is 274 Å².